The average Bonchev–Trinajstić information content (AvgIpc) is 2.02. The van der Waals surface area contributed by atoms with Gasteiger partial charge in [-0.25, -0.2) is 4.79 Å². The number of nitrogens with one attached hydrogen (secondary N) is 2. The predicted molar refractivity (Wildman–Crippen MR) is 43.0 cm³/mol. The van der Waals surface area contributed by atoms with Gasteiger partial charge in [-0.05, 0) is 6.92 Å². The predicted octanol–water partition coefficient (Wildman–Crippen LogP) is -1.42. The molecule has 0 radical (unpaired) electrons. The van der Waals surface area contributed by atoms with Crippen LogP contribution in [0.5, 0.6) is 0 Å². The topological polar surface area (TPSA) is 117 Å². The van der Waals surface area contributed by atoms with Crippen LogP contribution in [0.3, 0.4) is 0 Å². The summed E-state index contributed by atoms with van der Waals surface area (Å²) in [5, 5.41) is 15.5. The molecule has 2 atom stereocenters. The number of carbonyl (C=O) groups excluding carboxylic acids is 2. The number of rotatable bonds is 1. The van der Waals surface area contributed by atoms with E-state index in [0.29, 0.717) is 0 Å². The van der Waals surface area contributed by atoms with E-state index >= 15 is 0 Å². The van der Waals surface area contributed by atoms with E-state index in [2.05, 4.69) is 10.5 Å². The Morgan fingerprint density at radius 3 is 2.69 bits per heavy atom. The Bertz CT molecular complexity index is 275. The largest absolute Gasteiger partial charge is 0.409 e. The number of nitrogens with zero attached hydrogens (tertiary/aromatic N) is 1. The van der Waals surface area contributed by atoms with Crippen LogP contribution in [0.4, 0.5) is 4.79 Å². The van der Waals surface area contributed by atoms with Crippen molar-refractivity contribution in [3.63, 3.8) is 0 Å². The highest BCUT2D eigenvalue weighted by molar-refractivity contribution is 6.10. The summed E-state index contributed by atoms with van der Waals surface area (Å²) in [6, 6.07) is -1.04. The molecule has 1 aliphatic heterocycles. The van der Waals surface area contributed by atoms with E-state index in [1.807, 2.05) is 5.32 Å². The summed E-state index contributed by atoms with van der Waals surface area (Å²) in [7, 11) is 0. The van der Waals surface area contributed by atoms with Crippen LogP contribution in [0, 0.1) is 5.92 Å². The molecule has 0 bridgehead atoms. The number of hydrogen-bond donors (Lipinski definition) is 4. The van der Waals surface area contributed by atoms with Gasteiger partial charge in [0, 0.05) is 6.04 Å². The molecule has 0 aromatic rings. The van der Waals surface area contributed by atoms with Crippen molar-refractivity contribution in [1.82, 2.24) is 10.6 Å². The van der Waals surface area contributed by atoms with Gasteiger partial charge >= 0.3 is 6.03 Å². The smallest absolute Gasteiger partial charge is 0.321 e. The van der Waals surface area contributed by atoms with Crippen LogP contribution in [-0.2, 0) is 4.79 Å². The Morgan fingerprint density at radius 2 is 2.23 bits per heavy atom. The monoisotopic (exact) mass is 186 g/mol. The Labute approximate surface area is 74.0 Å². The highest BCUT2D eigenvalue weighted by atomic mass is 16.4. The van der Waals surface area contributed by atoms with E-state index in [1.54, 1.807) is 6.92 Å². The number of urea groups is 1. The number of nitrogens with two attached hydrogens (primary N) is 1. The van der Waals surface area contributed by atoms with E-state index in [-0.39, 0.29) is 5.84 Å². The molecular formula is C6H10N4O3. The fourth-order valence-electron chi connectivity index (χ4n) is 1.20. The normalized spacial score (nSPS) is 29.5. The van der Waals surface area contributed by atoms with Crippen molar-refractivity contribution in [3.05, 3.63) is 0 Å². The number of amides is 3. The first-order chi connectivity index (χ1) is 6.06. The Hall–Kier alpha value is -1.79. The van der Waals surface area contributed by atoms with Gasteiger partial charge < -0.3 is 16.3 Å². The van der Waals surface area contributed by atoms with Crippen molar-refractivity contribution >= 4 is 17.8 Å². The van der Waals surface area contributed by atoms with Crippen molar-refractivity contribution in [3.8, 4) is 0 Å². The van der Waals surface area contributed by atoms with Gasteiger partial charge in [-0.1, -0.05) is 5.16 Å². The first kappa shape index (κ1) is 9.30. The van der Waals surface area contributed by atoms with Crippen LogP contribution < -0.4 is 16.4 Å². The molecular weight excluding hydrogens is 176 g/mol. The van der Waals surface area contributed by atoms with Crippen LogP contribution in [0.15, 0.2) is 5.16 Å². The minimum atomic E-state index is -0.817. The SMILES string of the molecule is CC1NC(=O)NC(=O)C1/C(N)=N/O. The molecule has 1 fully saturated rings. The first-order valence-corrected chi connectivity index (χ1v) is 3.65. The maximum atomic E-state index is 11.2. The fourth-order valence-corrected chi connectivity index (χ4v) is 1.20. The van der Waals surface area contributed by atoms with E-state index in [4.69, 9.17) is 10.9 Å². The molecule has 13 heavy (non-hydrogen) atoms. The zero-order valence-corrected chi connectivity index (χ0v) is 6.94. The lowest BCUT2D eigenvalue weighted by molar-refractivity contribution is -0.123. The van der Waals surface area contributed by atoms with E-state index in [9.17, 15) is 9.59 Å². The van der Waals surface area contributed by atoms with Gasteiger partial charge in [0.25, 0.3) is 0 Å². The molecule has 1 saturated heterocycles. The van der Waals surface area contributed by atoms with Gasteiger partial charge in [-0.2, -0.15) is 0 Å². The molecule has 1 heterocycles. The molecule has 0 aliphatic carbocycles. The second kappa shape index (κ2) is 3.30. The lowest BCUT2D eigenvalue weighted by Crippen LogP contribution is -2.60. The van der Waals surface area contributed by atoms with E-state index < -0.39 is 23.9 Å². The Balaban J connectivity index is 2.85. The summed E-state index contributed by atoms with van der Waals surface area (Å²) in [5.74, 6) is -1.60. The van der Waals surface area contributed by atoms with Gasteiger partial charge in [-0.3, -0.25) is 10.1 Å². The van der Waals surface area contributed by atoms with Gasteiger partial charge in [0.2, 0.25) is 5.91 Å². The van der Waals surface area contributed by atoms with Gasteiger partial charge in [0.1, 0.15) is 5.92 Å². The molecule has 72 valence electrons. The van der Waals surface area contributed by atoms with Crippen LogP contribution >= 0.6 is 0 Å². The third-order valence-electron chi connectivity index (χ3n) is 1.81. The molecule has 0 aromatic carbocycles. The van der Waals surface area contributed by atoms with Crippen LogP contribution in [0.25, 0.3) is 0 Å². The molecule has 3 amide bonds. The van der Waals surface area contributed by atoms with Gasteiger partial charge in [0.05, 0.1) is 0 Å². The van der Waals surface area contributed by atoms with Crippen molar-refractivity contribution in [1.29, 1.82) is 0 Å². The molecule has 0 saturated carbocycles. The molecule has 1 aliphatic rings. The summed E-state index contributed by atoms with van der Waals surface area (Å²) in [6.45, 7) is 1.60. The maximum absolute atomic E-state index is 11.2. The van der Waals surface area contributed by atoms with Crippen molar-refractivity contribution in [2.75, 3.05) is 0 Å². The maximum Gasteiger partial charge on any atom is 0.321 e. The molecule has 0 spiro atoms. The number of imide groups is 1. The first-order valence-electron chi connectivity index (χ1n) is 3.65. The Kier molecular flexibility index (Phi) is 2.36. The van der Waals surface area contributed by atoms with E-state index in [0.717, 1.165) is 0 Å². The second-order valence-corrected chi connectivity index (χ2v) is 2.75. The molecule has 5 N–H and O–H groups in total. The Morgan fingerprint density at radius 1 is 1.62 bits per heavy atom. The zero-order chi connectivity index (χ0) is 10.0. The number of amidine groups is 1. The third-order valence-corrected chi connectivity index (χ3v) is 1.81. The fraction of sp³-hybridized carbons (Fsp3) is 0.500. The zero-order valence-electron chi connectivity index (χ0n) is 6.94. The van der Waals surface area contributed by atoms with Crippen molar-refractivity contribution < 1.29 is 14.8 Å². The summed E-state index contributed by atoms with van der Waals surface area (Å²) in [5.41, 5.74) is 5.26. The van der Waals surface area contributed by atoms with Gasteiger partial charge in [-0.15, -0.1) is 0 Å². The lowest BCUT2D eigenvalue weighted by atomic mass is 9.97. The van der Waals surface area contributed by atoms with Crippen LogP contribution in [0.2, 0.25) is 0 Å². The minimum Gasteiger partial charge on any atom is -0.409 e. The number of oxime groups is 1. The average molecular weight is 186 g/mol. The van der Waals surface area contributed by atoms with E-state index in [1.165, 1.54) is 0 Å². The van der Waals surface area contributed by atoms with Crippen LogP contribution in [0.1, 0.15) is 6.92 Å². The standard InChI is InChI=1S/C6H10N4O3/c1-2-3(4(7)10-13)5(11)9-6(12)8-2/h2-3,13H,1H3,(H2,7,10)(H2,8,9,11,12). The summed E-state index contributed by atoms with van der Waals surface area (Å²) in [6.07, 6.45) is 0. The summed E-state index contributed by atoms with van der Waals surface area (Å²) < 4.78 is 0. The third kappa shape index (κ3) is 1.68. The highest BCUT2D eigenvalue weighted by Gasteiger charge is 2.35. The summed E-state index contributed by atoms with van der Waals surface area (Å²) >= 11 is 0. The van der Waals surface area contributed by atoms with Crippen LogP contribution in [-0.4, -0.2) is 29.0 Å². The van der Waals surface area contributed by atoms with Crippen molar-refractivity contribution in [2.45, 2.75) is 13.0 Å². The molecule has 0 aromatic heterocycles. The van der Waals surface area contributed by atoms with Crippen molar-refractivity contribution in [2.24, 2.45) is 16.8 Å². The highest BCUT2D eigenvalue weighted by Crippen LogP contribution is 2.07. The lowest BCUT2D eigenvalue weighted by Gasteiger charge is -2.27. The molecule has 7 heteroatoms. The number of hydrogen-bond acceptors (Lipinski definition) is 4. The molecule has 1 rings (SSSR count). The molecule has 7 nitrogen and oxygen atoms in total. The summed E-state index contributed by atoms with van der Waals surface area (Å²) in [4.78, 5) is 21.9. The van der Waals surface area contributed by atoms with Gasteiger partial charge in [0.15, 0.2) is 5.84 Å². The molecule has 2 unspecified atom stereocenters. The minimum absolute atomic E-state index is 0.218. The second-order valence-electron chi connectivity index (χ2n) is 2.75. The quantitative estimate of drug-likeness (QED) is 0.174. The number of carbonyl (C=O) groups is 2.